The molecule has 5 heteroatoms. The summed E-state index contributed by atoms with van der Waals surface area (Å²) in [7, 11) is 0. The van der Waals surface area contributed by atoms with Crippen molar-refractivity contribution in [1.29, 1.82) is 0 Å². The number of halogens is 3. The van der Waals surface area contributed by atoms with E-state index in [-0.39, 0.29) is 13.1 Å². The highest BCUT2D eigenvalue weighted by Gasteiger charge is 2.42. The Morgan fingerprint density at radius 3 is 2.62 bits per heavy atom. The van der Waals surface area contributed by atoms with Crippen LogP contribution in [-0.2, 0) is 4.79 Å². The van der Waals surface area contributed by atoms with Crippen molar-refractivity contribution in [3.63, 3.8) is 0 Å². The molecule has 1 heterocycles. The second-order valence-electron chi connectivity index (χ2n) is 3.06. The highest BCUT2D eigenvalue weighted by Crippen LogP contribution is 2.21. The number of alkyl halides is 3. The van der Waals surface area contributed by atoms with E-state index in [1.165, 1.54) is 0 Å². The van der Waals surface area contributed by atoms with E-state index in [0.29, 0.717) is 6.42 Å². The summed E-state index contributed by atoms with van der Waals surface area (Å²) in [5.41, 5.74) is 0.809. The van der Waals surface area contributed by atoms with Gasteiger partial charge in [0.2, 0.25) is 0 Å². The predicted octanol–water partition coefficient (Wildman–Crippen LogP) is 1.73. The van der Waals surface area contributed by atoms with Crippen molar-refractivity contribution in [3.05, 3.63) is 11.6 Å². The van der Waals surface area contributed by atoms with E-state index in [0.717, 1.165) is 10.5 Å². The van der Waals surface area contributed by atoms with Crippen molar-refractivity contribution >= 4 is 5.91 Å². The molecule has 13 heavy (non-hydrogen) atoms. The van der Waals surface area contributed by atoms with E-state index >= 15 is 0 Å². The molecule has 1 amide bonds. The van der Waals surface area contributed by atoms with Crippen LogP contribution in [0.4, 0.5) is 13.2 Å². The molecule has 0 aromatic carbocycles. The molecular formula is C8H10F3NO. The maximum absolute atomic E-state index is 12.0. The third kappa shape index (κ3) is 2.47. The van der Waals surface area contributed by atoms with Gasteiger partial charge in [0.25, 0.3) is 0 Å². The second kappa shape index (κ2) is 3.40. The maximum atomic E-state index is 12.0. The fraction of sp³-hybridized carbons (Fsp3) is 0.625. The van der Waals surface area contributed by atoms with Crippen LogP contribution in [0.5, 0.6) is 0 Å². The maximum Gasteiger partial charge on any atom is 0.471 e. The van der Waals surface area contributed by atoms with Gasteiger partial charge in [0.15, 0.2) is 0 Å². The van der Waals surface area contributed by atoms with E-state index in [1.54, 1.807) is 6.92 Å². The molecule has 0 bridgehead atoms. The van der Waals surface area contributed by atoms with Crippen LogP contribution in [0, 0.1) is 0 Å². The lowest BCUT2D eigenvalue weighted by Crippen LogP contribution is -2.43. The quantitative estimate of drug-likeness (QED) is 0.536. The fourth-order valence-corrected chi connectivity index (χ4v) is 1.26. The summed E-state index contributed by atoms with van der Waals surface area (Å²) in [4.78, 5) is 11.6. The van der Waals surface area contributed by atoms with Crippen LogP contribution in [0.3, 0.4) is 0 Å². The Bertz CT molecular complexity index is 244. The summed E-state index contributed by atoms with van der Waals surface area (Å²) in [6.45, 7) is 1.98. The Labute approximate surface area is 74.0 Å². The molecule has 1 aliphatic rings. The summed E-state index contributed by atoms with van der Waals surface area (Å²) >= 11 is 0. The smallest absolute Gasteiger partial charge is 0.331 e. The van der Waals surface area contributed by atoms with Gasteiger partial charge in [-0.25, -0.2) is 0 Å². The molecule has 0 spiro atoms. The lowest BCUT2D eigenvalue weighted by Gasteiger charge is -2.26. The summed E-state index contributed by atoms with van der Waals surface area (Å²) in [6.07, 6.45) is -2.38. The number of carbonyl (C=O) groups excluding carboxylic acids is 1. The van der Waals surface area contributed by atoms with Crippen LogP contribution in [-0.4, -0.2) is 30.1 Å². The molecule has 0 saturated heterocycles. The average Bonchev–Trinajstić information content (AvgIpc) is 2.01. The first kappa shape index (κ1) is 10.1. The average molecular weight is 193 g/mol. The van der Waals surface area contributed by atoms with Crippen LogP contribution >= 0.6 is 0 Å². The Hall–Kier alpha value is -1.00. The van der Waals surface area contributed by atoms with E-state index < -0.39 is 12.1 Å². The summed E-state index contributed by atoms with van der Waals surface area (Å²) < 4.78 is 35.9. The summed E-state index contributed by atoms with van der Waals surface area (Å²) in [5.74, 6) is -1.74. The zero-order chi connectivity index (χ0) is 10.1. The van der Waals surface area contributed by atoms with Gasteiger partial charge in [-0.3, -0.25) is 4.79 Å². The van der Waals surface area contributed by atoms with Crippen LogP contribution in [0.25, 0.3) is 0 Å². The summed E-state index contributed by atoms with van der Waals surface area (Å²) in [6, 6.07) is 0. The minimum absolute atomic E-state index is 0.0956. The van der Waals surface area contributed by atoms with Gasteiger partial charge < -0.3 is 4.90 Å². The van der Waals surface area contributed by atoms with Crippen molar-refractivity contribution in [3.8, 4) is 0 Å². The molecule has 2 nitrogen and oxygen atoms in total. The minimum Gasteiger partial charge on any atom is -0.331 e. The molecule has 1 rings (SSSR count). The van der Waals surface area contributed by atoms with Gasteiger partial charge in [-0.1, -0.05) is 11.6 Å². The first-order valence-electron chi connectivity index (χ1n) is 3.93. The third-order valence-corrected chi connectivity index (χ3v) is 1.86. The van der Waals surface area contributed by atoms with E-state index in [2.05, 4.69) is 0 Å². The van der Waals surface area contributed by atoms with Crippen molar-refractivity contribution in [2.45, 2.75) is 19.5 Å². The number of hydrogen-bond acceptors (Lipinski definition) is 1. The molecule has 0 saturated carbocycles. The second-order valence-corrected chi connectivity index (χ2v) is 3.06. The van der Waals surface area contributed by atoms with Crippen molar-refractivity contribution in [1.82, 2.24) is 4.90 Å². The Morgan fingerprint density at radius 1 is 1.54 bits per heavy atom. The number of amides is 1. The number of nitrogens with zero attached hydrogens (tertiary/aromatic N) is 1. The Balaban J connectivity index is 2.65. The summed E-state index contributed by atoms with van der Waals surface area (Å²) in [5, 5.41) is 0. The fourth-order valence-electron chi connectivity index (χ4n) is 1.26. The van der Waals surface area contributed by atoms with Gasteiger partial charge in [0, 0.05) is 13.1 Å². The van der Waals surface area contributed by atoms with Gasteiger partial charge in [-0.05, 0) is 13.3 Å². The topological polar surface area (TPSA) is 20.3 Å². The monoisotopic (exact) mass is 193 g/mol. The molecule has 0 unspecified atom stereocenters. The molecule has 0 radical (unpaired) electrons. The van der Waals surface area contributed by atoms with Crippen molar-refractivity contribution in [2.24, 2.45) is 0 Å². The molecule has 0 aromatic rings. The Kier molecular flexibility index (Phi) is 2.63. The highest BCUT2D eigenvalue weighted by molar-refractivity contribution is 5.82. The predicted molar refractivity (Wildman–Crippen MR) is 41.0 cm³/mol. The first-order valence-corrected chi connectivity index (χ1v) is 3.93. The number of rotatable bonds is 0. The van der Waals surface area contributed by atoms with Gasteiger partial charge in [0.1, 0.15) is 0 Å². The minimum atomic E-state index is -4.74. The molecule has 0 fully saturated rings. The molecular weight excluding hydrogens is 183 g/mol. The van der Waals surface area contributed by atoms with E-state index in [9.17, 15) is 18.0 Å². The first-order chi connectivity index (χ1) is 5.91. The van der Waals surface area contributed by atoms with Gasteiger partial charge in [0.05, 0.1) is 0 Å². The third-order valence-electron chi connectivity index (χ3n) is 1.86. The molecule has 0 atom stereocenters. The SMILES string of the molecule is CC1=CCCN(C(=O)C(F)(F)F)C1. The molecule has 1 aliphatic heterocycles. The lowest BCUT2D eigenvalue weighted by atomic mass is 10.1. The molecule has 0 N–H and O–H groups in total. The zero-order valence-electron chi connectivity index (χ0n) is 7.19. The number of carbonyl (C=O) groups is 1. The molecule has 0 aromatic heterocycles. The largest absolute Gasteiger partial charge is 0.471 e. The standard InChI is InChI=1S/C8H10F3NO/c1-6-3-2-4-12(5-6)7(13)8(9,10)11/h3H,2,4-5H2,1H3. The van der Waals surface area contributed by atoms with Gasteiger partial charge in [-0.15, -0.1) is 0 Å². The number of hydrogen-bond donors (Lipinski definition) is 0. The van der Waals surface area contributed by atoms with E-state index in [4.69, 9.17) is 0 Å². The van der Waals surface area contributed by atoms with Gasteiger partial charge >= 0.3 is 12.1 Å². The van der Waals surface area contributed by atoms with Crippen LogP contribution in [0.1, 0.15) is 13.3 Å². The molecule has 74 valence electrons. The van der Waals surface area contributed by atoms with E-state index in [1.807, 2.05) is 6.08 Å². The Morgan fingerprint density at radius 2 is 2.15 bits per heavy atom. The normalized spacial score (nSPS) is 18.5. The molecule has 0 aliphatic carbocycles. The van der Waals surface area contributed by atoms with Crippen molar-refractivity contribution in [2.75, 3.05) is 13.1 Å². The van der Waals surface area contributed by atoms with Crippen molar-refractivity contribution < 1.29 is 18.0 Å². The van der Waals surface area contributed by atoms with Crippen LogP contribution in [0.15, 0.2) is 11.6 Å². The lowest BCUT2D eigenvalue weighted by molar-refractivity contribution is -0.185. The zero-order valence-corrected chi connectivity index (χ0v) is 7.19. The van der Waals surface area contributed by atoms with Crippen LogP contribution < -0.4 is 0 Å². The highest BCUT2D eigenvalue weighted by atomic mass is 19.4. The van der Waals surface area contributed by atoms with Crippen LogP contribution in [0.2, 0.25) is 0 Å². The van der Waals surface area contributed by atoms with Gasteiger partial charge in [-0.2, -0.15) is 13.2 Å².